The van der Waals surface area contributed by atoms with Gasteiger partial charge in [-0.3, -0.25) is 29.8 Å². The standard InChI is InChI=1S/C14H10N4O6S2/c15-13(19)7-1-3-11(9(5-7)17(21)22)25-26-12-4-2-8(14(16)20)6-10(12)18(23)24/h1-6H,(H2,15,19)(H2,16,20). The van der Waals surface area contributed by atoms with E-state index in [-0.39, 0.29) is 32.3 Å². The number of hydrogen-bond acceptors (Lipinski definition) is 8. The van der Waals surface area contributed by atoms with E-state index in [9.17, 15) is 29.8 Å². The predicted octanol–water partition coefficient (Wildman–Crippen LogP) is 2.50. The van der Waals surface area contributed by atoms with Crippen LogP contribution in [0.4, 0.5) is 11.4 Å². The monoisotopic (exact) mass is 394 g/mol. The van der Waals surface area contributed by atoms with Gasteiger partial charge >= 0.3 is 0 Å². The molecule has 0 radical (unpaired) electrons. The van der Waals surface area contributed by atoms with E-state index in [0.717, 1.165) is 33.7 Å². The van der Waals surface area contributed by atoms with E-state index in [1.165, 1.54) is 24.3 Å². The summed E-state index contributed by atoms with van der Waals surface area (Å²) in [6, 6.07) is 7.39. The van der Waals surface area contributed by atoms with Crippen molar-refractivity contribution in [3.63, 3.8) is 0 Å². The van der Waals surface area contributed by atoms with Crippen LogP contribution in [0, 0.1) is 20.2 Å². The van der Waals surface area contributed by atoms with Crippen molar-refractivity contribution in [1.82, 2.24) is 0 Å². The van der Waals surface area contributed by atoms with Crippen LogP contribution in [-0.4, -0.2) is 21.7 Å². The summed E-state index contributed by atoms with van der Waals surface area (Å²) in [6.45, 7) is 0. The summed E-state index contributed by atoms with van der Waals surface area (Å²) in [5.74, 6) is -1.62. The smallest absolute Gasteiger partial charge is 0.284 e. The molecule has 0 fully saturated rings. The number of primary amides is 2. The summed E-state index contributed by atoms with van der Waals surface area (Å²) in [6.07, 6.45) is 0. The van der Waals surface area contributed by atoms with Crippen molar-refractivity contribution in [1.29, 1.82) is 0 Å². The van der Waals surface area contributed by atoms with E-state index < -0.39 is 21.7 Å². The minimum atomic E-state index is -0.810. The number of nitrogens with two attached hydrogens (primary N) is 2. The van der Waals surface area contributed by atoms with Gasteiger partial charge < -0.3 is 11.5 Å². The van der Waals surface area contributed by atoms with Gasteiger partial charge in [0.25, 0.3) is 11.4 Å². The van der Waals surface area contributed by atoms with Crippen LogP contribution in [0.2, 0.25) is 0 Å². The zero-order valence-electron chi connectivity index (χ0n) is 12.8. The summed E-state index contributed by atoms with van der Waals surface area (Å²) in [5.41, 5.74) is 9.45. The topological polar surface area (TPSA) is 172 Å². The van der Waals surface area contributed by atoms with Gasteiger partial charge in [0.1, 0.15) is 0 Å². The molecule has 0 aliphatic heterocycles. The number of nitro groups is 2. The molecule has 0 heterocycles. The second kappa shape index (κ2) is 7.84. The Labute approximate surface area is 153 Å². The molecular weight excluding hydrogens is 384 g/mol. The molecule has 26 heavy (non-hydrogen) atoms. The first kappa shape index (κ1) is 19.2. The average molecular weight is 394 g/mol. The van der Waals surface area contributed by atoms with Gasteiger partial charge in [-0.15, -0.1) is 0 Å². The molecule has 2 aromatic carbocycles. The maximum atomic E-state index is 11.2. The predicted molar refractivity (Wildman–Crippen MR) is 94.9 cm³/mol. The Hall–Kier alpha value is -3.12. The van der Waals surface area contributed by atoms with Gasteiger partial charge in [-0.25, -0.2) is 0 Å². The van der Waals surface area contributed by atoms with E-state index in [4.69, 9.17) is 11.5 Å². The van der Waals surface area contributed by atoms with Crippen molar-refractivity contribution < 1.29 is 19.4 Å². The minimum absolute atomic E-state index is 0.0251. The number of carbonyl (C=O) groups excluding carboxylic acids is 2. The molecule has 4 N–H and O–H groups in total. The fourth-order valence-electron chi connectivity index (χ4n) is 1.86. The maximum absolute atomic E-state index is 11.2. The number of nitrogens with zero attached hydrogens (tertiary/aromatic N) is 2. The lowest BCUT2D eigenvalue weighted by molar-refractivity contribution is -0.388. The molecule has 0 aliphatic rings. The minimum Gasteiger partial charge on any atom is -0.366 e. The fourth-order valence-corrected chi connectivity index (χ4v) is 4.11. The molecule has 2 aromatic rings. The normalized spacial score (nSPS) is 10.3. The van der Waals surface area contributed by atoms with Gasteiger partial charge in [0, 0.05) is 23.3 Å². The molecule has 0 unspecified atom stereocenters. The number of nitro benzene ring substituents is 2. The quantitative estimate of drug-likeness (QED) is 0.409. The van der Waals surface area contributed by atoms with Crippen molar-refractivity contribution in [2.24, 2.45) is 11.5 Å². The molecule has 0 spiro atoms. The highest BCUT2D eigenvalue weighted by molar-refractivity contribution is 8.76. The third-order valence-corrected chi connectivity index (χ3v) is 5.56. The molecule has 0 aromatic heterocycles. The molecule has 0 saturated carbocycles. The van der Waals surface area contributed by atoms with Gasteiger partial charge in [0.05, 0.1) is 19.6 Å². The van der Waals surface area contributed by atoms with Crippen LogP contribution in [-0.2, 0) is 0 Å². The van der Waals surface area contributed by atoms with Crippen molar-refractivity contribution in [2.45, 2.75) is 9.79 Å². The van der Waals surface area contributed by atoms with E-state index in [2.05, 4.69) is 0 Å². The van der Waals surface area contributed by atoms with Crippen LogP contribution >= 0.6 is 21.6 Å². The maximum Gasteiger partial charge on any atom is 0.284 e. The summed E-state index contributed by atoms with van der Waals surface area (Å²) < 4.78 is 0. The molecular formula is C14H10N4O6S2. The summed E-state index contributed by atoms with van der Waals surface area (Å²) in [5, 5.41) is 22.3. The third kappa shape index (κ3) is 4.29. The fraction of sp³-hybridized carbons (Fsp3) is 0. The van der Waals surface area contributed by atoms with E-state index in [1.807, 2.05) is 0 Å². The lowest BCUT2D eigenvalue weighted by Gasteiger charge is -2.05. The van der Waals surface area contributed by atoms with E-state index in [0.29, 0.717) is 0 Å². The number of rotatable bonds is 7. The molecule has 12 heteroatoms. The third-order valence-electron chi connectivity index (χ3n) is 3.10. The molecule has 2 amide bonds. The Morgan fingerprint density at radius 2 is 1.12 bits per heavy atom. The molecule has 134 valence electrons. The lowest BCUT2D eigenvalue weighted by atomic mass is 10.2. The van der Waals surface area contributed by atoms with Gasteiger partial charge in [0.2, 0.25) is 11.8 Å². The first-order chi connectivity index (χ1) is 12.2. The SMILES string of the molecule is NC(=O)c1ccc(SSc2ccc(C(N)=O)cc2[N+](=O)[O-])c([N+](=O)[O-])c1. The van der Waals surface area contributed by atoms with Crippen molar-refractivity contribution >= 4 is 44.8 Å². The van der Waals surface area contributed by atoms with Crippen LogP contribution in [0.25, 0.3) is 0 Å². The second-order valence-electron chi connectivity index (χ2n) is 4.77. The van der Waals surface area contributed by atoms with Crippen LogP contribution in [0.3, 0.4) is 0 Å². The molecule has 0 atom stereocenters. The molecule has 0 saturated heterocycles. The van der Waals surface area contributed by atoms with Crippen molar-refractivity contribution in [2.75, 3.05) is 0 Å². The van der Waals surface area contributed by atoms with Crippen LogP contribution in [0.15, 0.2) is 46.2 Å². The summed E-state index contributed by atoms with van der Waals surface area (Å²) in [4.78, 5) is 43.6. The highest BCUT2D eigenvalue weighted by atomic mass is 33.1. The Balaban J connectivity index is 2.34. The number of carbonyl (C=O) groups is 2. The highest BCUT2D eigenvalue weighted by Crippen LogP contribution is 2.45. The van der Waals surface area contributed by atoms with Gasteiger partial charge in [-0.1, -0.05) is 0 Å². The highest BCUT2D eigenvalue weighted by Gasteiger charge is 2.21. The second-order valence-corrected chi connectivity index (χ2v) is 6.99. The van der Waals surface area contributed by atoms with E-state index in [1.54, 1.807) is 0 Å². The first-order valence-corrected chi connectivity index (χ1v) is 8.86. The van der Waals surface area contributed by atoms with Gasteiger partial charge in [-0.05, 0) is 45.9 Å². The molecule has 10 nitrogen and oxygen atoms in total. The van der Waals surface area contributed by atoms with Gasteiger partial charge in [-0.2, -0.15) is 0 Å². The largest absolute Gasteiger partial charge is 0.366 e. The lowest BCUT2D eigenvalue weighted by Crippen LogP contribution is -2.11. The van der Waals surface area contributed by atoms with Crippen molar-refractivity contribution in [3.05, 3.63) is 67.8 Å². The number of hydrogen-bond donors (Lipinski definition) is 2. The Bertz CT molecular complexity index is 858. The Morgan fingerprint density at radius 1 is 0.769 bits per heavy atom. The van der Waals surface area contributed by atoms with Crippen LogP contribution < -0.4 is 11.5 Å². The Kier molecular flexibility index (Phi) is 5.79. The van der Waals surface area contributed by atoms with Crippen LogP contribution in [0.5, 0.6) is 0 Å². The first-order valence-electron chi connectivity index (χ1n) is 6.71. The van der Waals surface area contributed by atoms with Crippen molar-refractivity contribution in [3.8, 4) is 0 Å². The van der Waals surface area contributed by atoms with Crippen LogP contribution in [0.1, 0.15) is 20.7 Å². The zero-order chi connectivity index (χ0) is 19.4. The molecule has 0 bridgehead atoms. The number of benzene rings is 2. The van der Waals surface area contributed by atoms with Gasteiger partial charge in [0.15, 0.2) is 0 Å². The Morgan fingerprint density at radius 3 is 1.38 bits per heavy atom. The summed E-state index contributed by atoms with van der Waals surface area (Å²) in [7, 11) is 1.79. The number of amides is 2. The molecule has 2 rings (SSSR count). The molecule has 0 aliphatic carbocycles. The summed E-state index contributed by atoms with van der Waals surface area (Å²) >= 11 is 0. The van der Waals surface area contributed by atoms with E-state index >= 15 is 0 Å². The average Bonchev–Trinajstić information content (AvgIpc) is 2.59. The zero-order valence-corrected chi connectivity index (χ0v) is 14.4.